The Kier molecular flexibility index (Phi) is 5.50. The SMILES string of the molecule is COC(=O)c1ccccc1NC(=O)[C@H]1CCCN1S(=O)(=O)c1cccc2nsnc12. The summed E-state index contributed by atoms with van der Waals surface area (Å²) in [7, 11) is -2.72. The van der Waals surface area contributed by atoms with Gasteiger partial charge in [0.2, 0.25) is 15.9 Å². The van der Waals surface area contributed by atoms with Gasteiger partial charge in [-0.2, -0.15) is 13.1 Å². The van der Waals surface area contributed by atoms with Crippen LogP contribution >= 0.6 is 11.7 Å². The van der Waals surface area contributed by atoms with Gasteiger partial charge in [-0.15, -0.1) is 0 Å². The molecule has 30 heavy (non-hydrogen) atoms. The van der Waals surface area contributed by atoms with Crippen LogP contribution in [0.4, 0.5) is 5.69 Å². The van der Waals surface area contributed by atoms with Gasteiger partial charge < -0.3 is 10.1 Å². The molecule has 0 aliphatic carbocycles. The van der Waals surface area contributed by atoms with Crippen LogP contribution in [0.25, 0.3) is 11.0 Å². The number of amides is 1. The number of para-hydroxylation sites is 1. The highest BCUT2D eigenvalue weighted by molar-refractivity contribution is 7.89. The molecule has 0 unspecified atom stereocenters. The predicted molar refractivity (Wildman–Crippen MR) is 111 cm³/mol. The van der Waals surface area contributed by atoms with E-state index in [4.69, 9.17) is 4.74 Å². The molecule has 1 fully saturated rings. The standard InChI is InChI=1S/C19H18N4O5S2/c1-28-19(25)12-6-2-3-7-13(12)20-18(24)15-9-5-11-23(15)30(26,27)16-10-4-8-14-17(16)22-29-21-14/h2-4,6-8,10,15H,5,9,11H2,1H3,(H,20,24)/t15-/m1/s1. The summed E-state index contributed by atoms with van der Waals surface area (Å²) >= 11 is 0.935. The molecule has 2 aromatic carbocycles. The third-order valence-electron chi connectivity index (χ3n) is 4.93. The summed E-state index contributed by atoms with van der Waals surface area (Å²) in [6, 6.07) is 10.3. The molecule has 0 spiro atoms. The first-order valence-corrected chi connectivity index (χ1v) is 11.3. The third-order valence-corrected chi connectivity index (χ3v) is 7.41. The zero-order valence-corrected chi connectivity index (χ0v) is 17.6. The van der Waals surface area contributed by atoms with E-state index in [1.165, 1.54) is 23.5 Å². The number of fused-ring (bicyclic) bond motifs is 1. The molecular weight excluding hydrogens is 428 g/mol. The van der Waals surface area contributed by atoms with Crippen molar-refractivity contribution in [1.82, 2.24) is 13.1 Å². The van der Waals surface area contributed by atoms with Crippen molar-refractivity contribution < 1.29 is 22.7 Å². The highest BCUT2D eigenvalue weighted by Crippen LogP contribution is 2.30. The van der Waals surface area contributed by atoms with Crippen LogP contribution in [0, 0.1) is 0 Å². The van der Waals surface area contributed by atoms with E-state index in [0.29, 0.717) is 23.9 Å². The van der Waals surface area contributed by atoms with Gasteiger partial charge in [-0.25, -0.2) is 13.2 Å². The van der Waals surface area contributed by atoms with Crippen LogP contribution in [0.15, 0.2) is 47.4 Å². The summed E-state index contributed by atoms with van der Waals surface area (Å²) in [5.41, 5.74) is 1.25. The van der Waals surface area contributed by atoms with Crippen molar-refractivity contribution in [2.45, 2.75) is 23.8 Å². The van der Waals surface area contributed by atoms with Gasteiger partial charge in [-0.3, -0.25) is 4.79 Å². The fraction of sp³-hybridized carbons (Fsp3) is 0.263. The van der Waals surface area contributed by atoms with E-state index in [2.05, 4.69) is 14.1 Å². The van der Waals surface area contributed by atoms with Crippen LogP contribution in [0.2, 0.25) is 0 Å². The van der Waals surface area contributed by atoms with Crippen LogP contribution in [-0.4, -0.2) is 53.0 Å². The largest absolute Gasteiger partial charge is 0.465 e. The Morgan fingerprint density at radius 3 is 2.77 bits per heavy atom. The number of carbonyl (C=O) groups is 2. The monoisotopic (exact) mass is 446 g/mol. The summed E-state index contributed by atoms with van der Waals surface area (Å²) in [4.78, 5) is 25.0. The third kappa shape index (κ3) is 3.55. The van der Waals surface area contributed by atoms with Gasteiger partial charge in [0.25, 0.3) is 0 Å². The van der Waals surface area contributed by atoms with Gasteiger partial charge in [0, 0.05) is 6.54 Å². The van der Waals surface area contributed by atoms with E-state index in [-0.39, 0.29) is 22.7 Å². The number of carbonyl (C=O) groups excluding carboxylic acids is 2. The summed E-state index contributed by atoms with van der Waals surface area (Å²) < 4.78 is 40.8. The maximum Gasteiger partial charge on any atom is 0.339 e. The summed E-state index contributed by atoms with van der Waals surface area (Å²) in [6.07, 6.45) is 0.915. The minimum absolute atomic E-state index is 0.0309. The summed E-state index contributed by atoms with van der Waals surface area (Å²) in [5.74, 6) is -1.10. The number of ether oxygens (including phenoxy) is 1. The summed E-state index contributed by atoms with van der Waals surface area (Å²) in [5, 5.41) is 2.68. The van der Waals surface area contributed by atoms with Crippen LogP contribution in [-0.2, 0) is 19.6 Å². The number of nitrogens with one attached hydrogen (secondary N) is 1. The van der Waals surface area contributed by atoms with Gasteiger partial charge >= 0.3 is 5.97 Å². The Morgan fingerprint density at radius 2 is 1.97 bits per heavy atom. The normalized spacial score (nSPS) is 17.2. The molecule has 0 saturated carbocycles. The fourth-order valence-electron chi connectivity index (χ4n) is 3.50. The van der Waals surface area contributed by atoms with Crippen LogP contribution < -0.4 is 5.32 Å². The molecule has 11 heteroatoms. The molecule has 156 valence electrons. The van der Waals surface area contributed by atoms with E-state index in [1.807, 2.05) is 0 Å². The van der Waals surface area contributed by atoms with E-state index < -0.39 is 27.9 Å². The Morgan fingerprint density at radius 1 is 1.17 bits per heavy atom. The minimum atomic E-state index is -3.97. The number of benzene rings is 2. The number of nitrogens with zero attached hydrogens (tertiary/aromatic N) is 3. The molecule has 1 aliphatic heterocycles. The van der Waals surface area contributed by atoms with Crippen LogP contribution in [0.5, 0.6) is 0 Å². The van der Waals surface area contributed by atoms with Gasteiger partial charge in [-0.1, -0.05) is 18.2 Å². The second kappa shape index (κ2) is 8.09. The van der Waals surface area contributed by atoms with Gasteiger partial charge in [0.1, 0.15) is 22.0 Å². The highest BCUT2D eigenvalue weighted by Gasteiger charge is 2.40. The van der Waals surface area contributed by atoms with Crippen molar-refractivity contribution in [3.63, 3.8) is 0 Å². The molecule has 3 aromatic rings. The van der Waals surface area contributed by atoms with Crippen molar-refractivity contribution in [3.8, 4) is 0 Å². The second-order valence-corrected chi connectivity index (χ2v) is 9.08. The molecule has 1 amide bonds. The first-order valence-electron chi connectivity index (χ1n) is 9.15. The lowest BCUT2D eigenvalue weighted by Crippen LogP contribution is -2.43. The Hall–Kier alpha value is -2.89. The lowest BCUT2D eigenvalue weighted by atomic mass is 10.1. The summed E-state index contributed by atoms with van der Waals surface area (Å²) in [6.45, 7) is 0.215. The molecule has 0 radical (unpaired) electrons. The lowest BCUT2D eigenvalue weighted by Gasteiger charge is -2.23. The fourth-order valence-corrected chi connectivity index (χ4v) is 5.91. The number of methoxy groups -OCH3 is 1. The number of hydrogen-bond acceptors (Lipinski definition) is 8. The van der Waals surface area contributed by atoms with Crippen molar-refractivity contribution in [3.05, 3.63) is 48.0 Å². The molecule has 9 nitrogen and oxygen atoms in total. The average Bonchev–Trinajstić information content (AvgIpc) is 3.43. The van der Waals surface area contributed by atoms with Crippen molar-refractivity contribution in [2.24, 2.45) is 0 Å². The zero-order valence-electron chi connectivity index (χ0n) is 15.9. The van der Waals surface area contributed by atoms with Crippen LogP contribution in [0.1, 0.15) is 23.2 Å². The van der Waals surface area contributed by atoms with E-state index >= 15 is 0 Å². The molecule has 1 saturated heterocycles. The van der Waals surface area contributed by atoms with E-state index in [0.717, 1.165) is 11.7 Å². The van der Waals surface area contributed by atoms with E-state index in [1.54, 1.807) is 30.3 Å². The first-order chi connectivity index (χ1) is 14.4. The van der Waals surface area contributed by atoms with Crippen LogP contribution in [0.3, 0.4) is 0 Å². The van der Waals surface area contributed by atoms with Crippen molar-refractivity contribution >= 4 is 50.3 Å². The molecular formula is C19H18N4O5S2. The number of hydrogen-bond donors (Lipinski definition) is 1. The molecule has 2 heterocycles. The number of anilines is 1. The second-order valence-electron chi connectivity index (χ2n) is 6.69. The topological polar surface area (TPSA) is 119 Å². The van der Waals surface area contributed by atoms with Crippen molar-refractivity contribution in [2.75, 3.05) is 19.0 Å². The number of sulfonamides is 1. The lowest BCUT2D eigenvalue weighted by molar-refractivity contribution is -0.119. The number of aromatic nitrogens is 2. The zero-order chi connectivity index (χ0) is 21.3. The Labute approximate surface area is 177 Å². The maximum atomic E-state index is 13.3. The molecule has 4 rings (SSSR count). The molecule has 1 aliphatic rings. The highest BCUT2D eigenvalue weighted by atomic mass is 32.2. The molecule has 0 bridgehead atoms. The predicted octanol–water partition coefficient (Wildman–Crippen LogP) is 2.27. The number of rotatable bonds is 5. The smallest absolute Gasteiger partial charge is 0.339 e. The van der Waals surface area contributed by atoms with E-state index in [9.17, 15) is 18.0 Å². The molecule has 1 N–H and O–H groups in total. The average molecular weight is 447 g/mol. The molecule has 1 atom stereocenters. The van der Waals surface area contributed by atoms with Gasteiger partial charge in [0.15, 0.2) is 0 Å². The minimum Gasteiger partial charge on any atom is -0.465 e. The first kappa shape index (κ1) is 20.4. The quantitative estimate of drug-likeness (QED) is 0.597. The van der Waals surface area contributed by atoms with Crippen molar-refractivity contribution in [1.29, 1.82) is 0 Å². The number of esters is 1. The van der Waals surface area contributed by atoms with Gasteiger partial charge in [0.05, 0.1) is 30.1 Å². The Bertz CT molecular complexity index is 1220. The Balaban J connectivity index is 1.64. The maximum absolute atomic E-state index is 13.3. The van der Waals surface area contributed by atoms with Gasteiger partial charge in [-0.05, 0) is 37.1 Å². The molecule has 1 aromatic heterocycles.